The molecule has 1 heterocycles. The Hall–Kier alpha value is -2.26. The predicted octanol–water partition coefficient (Wildman–Crippen LogP) is 6.22. The van der Waals surface area contributed by atoms with Gasteiger partial charge in [-0.2, -0.15) is 0 Å². The summed E-state index contributed by atoms with van der Waals surface area (Å²) in [4.78, 5) is 12.7. The van der Waals surface area contributed by atoms with E-state index in [2.05, 4.69) is 60.3 Å². The molecule has 3 atom stereocenters. The number of hydrogen-bond acceptors (Lipinski definition) is 1. The molecule has 0 unspecified atom stereocenters. The second-order valence-electron chi connectivity index (χ2n) is 8.83. The third kappa shape index (κ3) is 4.57. The van der Waals surface area contributed by atoms with Crippen LogP contribution in [0.1, 0.15) is 50.7 Å². The van der Waals surface area contributed by atoms with Gasteiger partial charge in [-0.05, 0) is 47.9 Å². The van der Waals surface area contributed by atoms with Gasteiger partial charge in [-0.1, -0.05) is 74.7 Å². The summed E-state index contributed by atoms with van der Waals surface area (Å²) < 4.78 is 2.24. The van der Waals surface area contributed by atoms with Gasteiger partial charge in [-0.3, -0.25) is 4.79 Å². The van der Waals surface area contributed by atoms with Gasteiger partial charge in [-0.25, -0.2) is 0 Å². The molecule has 2 aromatic carbocycles. The number of fused-ring (bicyclic) bond motifs is 1. The smallest absolute Gasteiger partial charge is 0.220 e. The zero-order valence-corrected chi connectivity index (χ0v) is 18.7. The minimum absolute atomic E-state index is 0.170. The second-order valence-corrected chi connectivity index (χ2v) is 9.24. The van der Waals surface area contributed by atoms with Crippen molar-refractivity contribution in [3.8, 4) is 0 Å². The van der Waals surface area contributed by atoms with Crippen LogP contribution in [-0.2, 0) is 17.8 Å². The molecule has 0 spiro atoms. The summed E-state index contributed by atoms with van der Waals surface area (Å²) in [5.74, 6) is 1.41. The van der Waals surface area contributed by atoms with Crippen LogP contribution in [0.15, 0.2) is 54.7 Å². The van der Waals surface area contributed by atoms with Gasteiger partial charge in [0.1, 0.15) is 0 Å². The highest BCUT2D eigenvalue weighted by Crippen LogP contribution is 2.30. The third-order valence-electron chi connectivity index (χ3n) is 6.84. The Morgan fingerprint density at radius 1 is 1.07 bits per heavy atom. The first kappa shape index (κ1) is 21.0. The maximum absolute atomic E-state index is 12.7. The van der Waals surface area contributed by atoms with E-state index in [9.17, 15) is 4.79 Å². The van der Waals surface area contributed by atoms with Crippen LogP contribution in [0.2, 0.25) is 5.02 Å². The van der Waals surface area contributed by atoms with Gasteiger partial charge in [0.05, 0.1) is 0 Å². The fraction of sp³-hybridized carbons (Fsp3) is 0.423. The summed E-state index contributed by atoms with van der Waals surface area (Å²) in [6.07, 6.45) is 7.06. The summed E-state index contributed by atoms with van der Waals surface area (Å²) >= 11 is 6.38. The van der Waals surface area contributed by atoms with Gasteiger partial charge in [0.2, 0.25) is 5.91 Å². The topological polar surface area (TPSA) is 34.0 Å². The predicted molar refractivity (Wildman–Crippen MR) is 125 cm³/mol. The van der Waals surface area contributed by atoms with Crippen molar-refractivity contribution < 1.29 is 4.79 Å². The quantitative estimate of drug-likeness (QED) is 0.502. The van der Waals surface area contributed by atoms with Gasteiger partial charge in [-0.15, -0.1) is 0 Å². The molecule has 4 heteroatoms. The minimum Gasteiger partial charge on any atom is -0.353 e. The number of amides is 1. The number of carbonyl (C=O) groups is 1. The van der Waals surface area contributed by atoms with Crippen LogP contribution >= 0.6 is 11.6 Å². The standard InChI is InChI=1S/C26H31ClN2O/c1-18-8-7-12-24(19(18)2)28-26(30)15-14-20-16-29(25-13-6-4-10-22(20)25)17-21-9-3-5-11-23(21)27/h3-6,9-11,13,16,18-19,24H,7-8,12,14-15,17H2,1-2H3,(H,28,30)/t18-,19+,24+/m1/s1. The Kier molecular flexibility index (Phi) is 6.48. The lowest BCUT2D eigenvalue weighted by molar-refractivity contribution is -0.122. The van der Waals surface area contributed by atoms with E-state index in [1.54, 1.807) is 0 Å². The number of aryl methyl sites for hydroxylation is 1. The van der Waals surface area contributed by atoms with Gasteiger partial charge in [0, 0.05) is 41.1 Å². The van der Waals surface area contributed by atoms with Crippen molar-refractivity contribution >= 4 is 28.4 Å². The zero-order chi connectivity index (χ0) is 21.1. The van der Waals surface area contributed by atoms with Gasteiger partial charge in [0.25, 0.3) is 0 Å². The number of nitrogens with one attached hydrogen (secondary N) is 1. The molecule has 1 aromatic heterocycles. The third-order valence-corrected chi connectivity index (χ3v) is 7.21. The maximum Gasteiger partial charge on any atom is 0.220 e. The number of hydrogen-bond donors (Lipinski definition) is 1. The van der Waals surface area contributed by atoms with E-state index in [0.717, 1.165) is 30.0 Å². The van der Waals surface area contributed by atoms with Gasteiger partial charge < -0.3 is 9.88 Å². The lowest BCUT2D eigenvalue weighted by atomic mass is 9.78. The molecule has 0 aliphatic heterocycles. The molecule has 3 aromatic rings. The number of nitrogens with zero attached hydrogens (tertiary/aromatic N) is 1. The lowest BCUT2D eigenvalue weighted by Gasteiger charge is -2.34. The molecule has 1 aliphatic rings. The normalized spacial score (nSPS) is 21.6. The SMILES string of the molecule is C[C@H]1[C@H](C)CCC[C@@H]1NC(=O)CCc1cn(Cc2ccccc2Cl)c2ccccc12. The van der Waals surface area contributed by atoms with Crippen molar-refractivity contribution in [1.29, 1.82) is 0 Å². The molecular formula is C26H31ClN2O. The molecule has 4 rings (SSSR count). The van der Waals surface area contributed by atoms with Gasteiger partial charge in [0.15, 0.2) is 0 Å². The van der Waals surface area contributed by atoms with Gasteiger partial charge >= 0.3 is 0 Å². The molecule has 158 valence electrons. The van der Waals surface area contributed by atoms with E-state index in [1.807, 2.05) is 18.2 Å². The Bertz CT molecular complexity index is 1020. The Labute approximate surface area is 184 Å². The first-order valence-corrected chi connectivity index (χ1v) is 11.5. The second kappa shape index (κ2) is 9.26. The molecule has 0 bridgehead atoms. The Morgan fingerprint density at radius 2 is 1.83 bits per heavy atom. The highest BCUT2D eigenvalue weighted by Gasteiger charge is 2.28. The first-order valence-electron chi connectivity index (χ1n) is 11.1. The molecule has 0 radical (unpaired) electrons. The molecule has 1 amide bonds. The monoisotopic (exact) mass is 422 g/mol. The number of benzene rings is 2. The minimum atomic E-state index is 0.170. The number of aromatic nitrogens is 1. The molecule has 1 N–H and O–H groups in total. The first-order chi connectivity index (χ1) is 14.5. The average molecular weight is 423 g/mol. The van der Waals surface area contributed by atoms with Crippen molar-refractivity contribution in [3.05, 3.63) is 70.9 Å². The van der Waals surface area contributed by atoms with Crippen LogP contribution in [0, 0.1) is 11.8 Å². The van der Waals surface area contributed by atoms with Crippen LogP contribution < -0.4 is 5.32 Å². The largest absolute Gasteiger partial charge is 0.353 e. The fourth-order valence-electron chi connectivity index (χ4n) is 4.78. The van der Waals surface area contributed by atoms with E-state index in [4.69, 9.17) is 11.6 Å². The number of carbonyl (C=O) groups excluding carboxylic acids is 1. The summed E-state index contributed by atoms with van der Waals surface area (Å²) in [5.41, 5.74) is 3.50. The van der Waals surface area contributed by atoms with Crippen molar-refractivity contribution in [3.63, 3.8) is 0 Å². The van der Waals surface area contributed by atoms with Crippen LogP contribution in [-0.4, -0.2) is 16.5 Å². The summed E-state index contributed by atoms with van der Waals surface area (Å²) in [7, 11) is 0. The number of rotatable bonds is 6. The van der Waals surface area contributed by atoms with Crippen molar-refractivity contribution in [2.24, 2.45) is 11.8 Å². The maximum atomic E-state index is 12.7. The van der Waals surface area contributed by atoms with Crippen LogP contribution in [0.3, 0.4) is 0 Å². The highest BCUT2D eigenvalue weighted by molar-refractivity contribution is 6.31. The van der Waals surface area contributed by atoms with E-state index in [-0.39, 0.29) is 5.91 Å². The molecular weight excluding hydrogens is 392 g/mol. The fourth-order valence-corrected chi connectivity index (χ4v) is 4.97. The Balaban J connectivity index is 1.47. The lowest BCUT2D eigenvalue weighted by Crippen LogP contribution is -2.43. The molecule has 30 heavy (non-hydrogen) atoms. The van der Waals surface area contributed by atoms with Crippen LogP contribution in [0.4, 0.5) is 0 Å². The van der Waals surface area contributed by atoms with E-state index in [1.165, 1.54) is 29.3 Å². The van der Waals surface area contributed by atoms with Crippen LogP contribution in [0.5, 0.6) is 0 Å². The van der Waals surface area contributed by atoms with E-state index >= 15 is 0 Å². The van der Waals surface area contributed by atoms with Crippen molar-refractivity contribution in [2.75, 3.05) is 0 Å². The zero-order valence-electron chi connectivity index (χ0n) is 17.9. The number of para-hydroxylation sites is 1. The molecule has 1 saturated carbocycles. The summed E-state index contributed by atoms with van der Waals surface area (Å²) in [5, 5.41) is 5.31. The Morgan fingerprint density at radius 3 is 2.67 bits per heavy atom. The highest BCUT2D eigenvalue weighted by atomic mass is 35.5. The summed E-state index contributed by atoms with van der Waals surface area (Å²) in [6.45, 7) is 5.30. The summed E-state index contributed by atoms with van der Waals surface area (Å²) in [6, 6.07) is 16.7. The average Bonchev–Trinajstić information content (AvgIpc) is 3.09. The molecule has 3 nitrogen and oxygen atoms in total. The van der Waals surface area contributed by atoms with Crippen LogP contribution in [0.25, 0.3) is 10.9 Å². The molecule has 1 aliphatic carbocycles. The van der Waals surface area contributed by atoms with Crippen molar-refractivity contribution in [2.45, 2.75) is 58.5 Å². The molecule has 1 fully saturated rings. The van der Waals surface area contributed by atoms with E-state index < -0.39 is 0 Å². The molecule has 0 saturated heterocycles. The van der Waals surface area contributed by atoms with Crippen molar-refractivity contribution in [1.82, 2.24) is 9.88 Å². The van der Waals surface area contributed by atoms with E-state index in [0.29, 0.717) is 24.3 Å². The number of halogens is 1.